The number of carbonyl (C=O) groups is 1. The molecule has 5 rings (SSSR count). The Balaban J connectivity index is 1.42. The van der Waals surface area contributed by atoms with Crippen molar-refractivity contribution in [3.63, 3.8) is 0 Å². The van der Waals surface area contributed by atoms with Gasteiger partial charge in [-0.3, -0.25) is 14.2 Å². The van der Waals surface area contributed by atoms with E-state index in [9.17, 15) is 9.59 Å². The van der Waals surface area contributed by atoms with E-state index in [2.05, 4.69) is 5.32 Å². The van der Waals surface area contributed by atoms with Crippen LogP contribution in [0.5, 0.6) is 0 Å². The molecule has 1 N–H and O–H groups in total. The first-order valence-electron chi connectivity index (χ1n) is 10.7. The van der Waals surface area contributed by atoms with Gasteiger partial charge in [-0.25, -0.2) is 4.98 Å². The fourth-order valence-electron chi connectivity index (χ4n) is 4.51. The number of aryl methyl sites for hydroxylation is 2. The average Bonchev–Trinajstić information content (AvgIpc) is 3.47. The van der Waals surface area contributed by atoms with Crippen molar-refractivity contribution in [3.8, 4) is 0 Å². The molecule has 3 aromatic rings. The lowest BCUT2D eigenvalue weighted by Crippen LogP contribution is -2.37. The molecule has 0 spiro atoms. The van der Waals surface area contributed by atoms with Crippen LogP contribution < -0.4 is 10.9 Å². The zero-order valence-corrected chi connectivity index (χ0v) is 18.4. The summed E-state index contributed by atoms with van der Waals surface area (Å²) in [6.45, 7) is 0.325. The second-order valence-corrected chi connectivity index (χ2v) is 10.1. The number of amides is 1. The van der Waals surface area contributed by atoms with Gasteiger partial charge in [0.2, 0.25) is 5.91 Å². The number of aromatic nitrogens is 2. The second kappa shape index (κ2) is 8.59. The molecule has 30 heavy (non-hydrogen) atoms. The van der Waals surface area contributed by atoms with Crippen LogP contribution in [0.4, 0.5) is 0 Å². The highest BCUT2D eigenvalue weighted by molar-refractivity contribution is 7.99. The van der Waals surface area contributed by atoms with Crippen LogP contribution >= 0.6 is 23.1 Å². The molecule has 1 amide bonds. The Labute approximate surface area is 183 Å². The molecule has 0 atom stereocenters. The molecular formula is C22H25N3O3S2. The summed E-state index contributed by atoms with van der Waals surface area (Å²) in [5.74, 6) is 0.982. The smallest absolute Gasteiger partial charge is 0.263 e. The van der Waals surface area contributed by atoms with Crippen molar-refractivity contribution in [1.82, 2.24) is 14.9 Å². The van der Waals surface area contributed by atoms with Crippen LogP contribution in [0, 0.1) is 0 Å². The minimum Gasteiger partial charge on any atom is -0.467 e. The fourth-order valence-corrected chi connectivity index (χ4v) is 6.62. The Morgan fingerprint density at radius 3 is 2.93 bits per heavy atom. The van der Waals surface area contributed by atoms with E-state index in [0.717, 1.165) is 42.3 Å². The Kier molecular flexibility index (Phi) is 5.69. The van der Waals surface area contributed by atoms with Gasteiger partial charge in [0.05, 0.1) is 23.9 Å². The fraction of sp³-hybridized carbons (Fsp3) is 0.500. The van der Waals surface area contributed by atoms with Crippen LogP contribution in [0.25, 0.3) is 10.2 Å². The Bertz CT molecular complexity index is 1110. The molecule has 2 aliphatic rings. The molecule has 6 nitrogen and oxygen atoms in total. The van der Waals surface area contributed by atoms with E-state index in [1.54, 1.807) is 22.2 Å². The summed E-state index contributed by atoms with van der Waals surface area (Å²) in [5, 5.41) is 4.49. The van der Waals surface area contributed by atoms with Gasteiger partial charge in [0.15, 0.2) is 5.16 Å². The van der Waals surface area contributed by atoms with Gasteiger partial charge in [0, 0.05) is 10.9 Å². The van der Waals surface area contributed by atoms with Crippen molar-refractivity contribution in [2.24, 2.45) is 0 Å². The predicted octanol–water partition coefficient (Wildman–Crippen LogP) is 4.13. The zero-order chi connectivity index (χ0) is 20.5. The number of hydrogen-bond donors (Lipinski definition) is 1. The third-order valence-corrected chi connectivity index (χ3v) is 8.15. The first-order valence-corrected chi connectivity index (χ1v) is 12.5. The third kappa shape index (κ3) is 3.95. The van der Waals surface area contributed by atoms with Crippen molar-refractivity contribution in [2.75, 3.05) is 5.75 Å². The Morgan fingerprint density at radius 1 is 1.27 bits per heavy atom. The van der Waals surface area contributed by atoms with Crippen molar-refractivity contribution < 1.29 is 9.21 Å². The predicted molar refractivity (Wildman–Crippen MR) is 119 cm³/mol. The molecule has 0 radical (unpaired) electrons. The van der Waals surface area contributed by atoms with Crippen molar-refractivity contribution in [1.29, 1.82) is 0 Å². The lowest BCUT2D eigenvalue weighted by molar-refractivity contribution is -0.119. The topological polar surface area (TPSA) is 77.1 Å². The lowest BCUT2D eigenvalue weighted by Gasteiger charge is -2.22. The Hall–Kier alpha value is -2.06. The summed E-state index contributed by atoms with van der Waals surface area (Å²) in [7, 11) is 0. The average molecular weight is 444 g/mol. The third-order valence-electron chi connectivity index (χ3n) is 5.99. The molecule has 1 saturated carbocycles. The maximum atomic E-state index is 13.4. The molecule has 8 heteroatoms. The van der Waals surface area contributed by atoms with Gasteiger partial charge in [-0.05, 0) is 49.8 Å². The van der Waals surface area contributed by atoms with E-state index < -0.39 is 0 Å². The normalized spacial score (nSPS) is 16.8. The number of carbonyl (C=O) groups excluding carboxylic acids is 1. The minimum absolute atomic E-state index is 0.0134. The van der Waals surface area contributed by atoms with Gasteiger partial charge in [-0.1, -0.05) is 31.0 Å². The van der Waals surface area contributed by atoms with Crippen LogP contribution in [0.2, 0.25) is 0 Å². The molecule has 1 fully saturated rings. The number of fused-ring (bicyclic) bond motifs is 3. The maximum absolute atomic E-state index is 13.4. The van der Waals surface area contributed by atoms with Crippen LogP contribution in [0.1, 0.15) is 54.7 Å². The van der Waals surface area contributed by atoms with E-state index in [4.69, 9.17) is 9.40 Å². The number of hydrogen-bond acceptors (Lipinski definition) is 6. The summed E-state index contributed by atoms with van der Waals surface area (Å²) < 4.78 is 7.16. The van der Waals surface area contributed by atoms with Crippen LogP contribution in [0.3, 0.4) is 0 Å². The summed E-state index contributed by atoms with van der Waals surface area (Å²) >= 11 is 2.97. The highest BCUT2D eigenvalue weighted by atomic mass is 32.2. The van der Waals surface area contributed by atoms with E-state index in [0.29, 0.717) is 17.5 Å². The summed E-state index contributed by atoms with van der Waals surface area (Å²) in [6, 6.07) is 3.96. The number of thiophene rings is 1. The SMILES string of the molecule is O=C(CSc1nc2sc3c(c2c(=O)n1Cc1ccco1)CCC3)NC1CCCCC1. The van der Waals surface area contributed by atoms with Gasteiger partial charge in [-0.2, -0.15) is 0 Å². The second-order valence-electron chi connectivity index (χ2n) is 8.09. The molecule has 0 aromatic carbocycles. The Morgan fingerprint density at radius 2 is 2.13 bits per heavy atom. The highest BCUT2D eigenvalue weighted by Crippen LogP contribution is 2.35. The van der Waals surface area contributed by atoms with Crippen molar-refractivity contribution in [2.45, 2.75) is 69.1 Å². The van der Waals surface area contributed by atoms with Gasteiger partial charge < -0.3 is 9.73 Å². The molecule has 3 heterocycles. The van der Waals surface area contributed by atoms with Crippen LogP contribution in [-0.2, 0) is 24.2 Å². The first kappa shape index (κ1) is 19.9. The van der Waals surface area contributed by atoms with E-state index >= 15 is 0 Å². The molecule has 0 aliphatic heterocycles. The molecule has 2 aliphatic carbocycles. The molecule has 0 saturated heterocycles. The van der Waals surface area contributed by atoms with E-state index in [1.165, 1.54) is 41.5 Å². The lowest BCUT2D eigenvalue weighted by atomic mass is 9.95. The number of thioether (sulfide) groups is 1. The molecule has 158 valence electrons. The zero-order valence-electron chi connectivity index (χ0n) is 16.8. The number of rotatable bonds is 6. The molecule has 0 bridgehead atoms. The highest BCUT2D eigenvalue weighted by Gasteiger charge is 2.24. The number of furan rings is 1. The van der Waals surface area contributed by atoms with E-state index in [1.807, 2.05) is 12.1 Å². The molecule has 3 aromatic heterocycles. The minimum atomic E-state index is -0.0222. The monoisotopic (exact) mass is 443 g/mol. The number of nitrogens with one attached hydrogen (secondary N) is 1. The standard InChI is InChI=1S/C22H25N3O3S2/c26-18(23-14-6-2-1-3-7-14)13-29-22-24-20-19(16-9-4-10-17(16)30-20)21(27)25(22)12-15-8-5-11-28-15/h5,8,11,14H,1-4,6-7,9-10,12-13H2,(H,23,26). The van der Waals surface area contributed by atoms with Crippen molar-refractivity contribution >= 4 is 39.2 Å². The van der Waals surface area contributed by atoms with Gasteiger partial charge in [0.25, 0.3) is 5.56 Å². The quantitative estimate of drug-likeness (QED) is 0.458. The van der Waals surface area contributed by atoms with Crippen LogP contribution in [0.15, 0.2) is 32.8 Å². The summed E-state index contributed by atoms with van der Waals surface area (Å²) in [4.78, 5) is 32.9. The summed E-state index contributed by atoms with van der Waals surface area (Å²) in [5.41, 5.74) is 1.15. The van der Waals surface area contributed by atoms with Gasteiger partial charge >= 0.3 is 0 Å². The van der Waals surface area contributed by atoms with Crippen molar-refractivity contribution in [3.05, 3.63) is 45.0 Å². The molecular weight excluding hydrogens is 418 g/mol. The van der Waals surface area contributed by atoms with Gasteiger partial charge in [-0.15, -0.1) is 11.3 Å². The molecule has 0 unspecified atom stereocenters. The van der Waals surface area contributed by atoms with E-state index in [-0.39, 0.29) is 23.3 Å². The van der Waals surface area contributed by atoms with Gasteiger partial charge in [0.1, 0.15) is 10.6 Å². The van der Waals surface area contributed by atoms with Crippen LogP contribution in [-0.4, -0.2) is 27.3 Å². The largest absolute Gasteiger partial charge is 0.467 e. The maximum Gasteiger partial charge on any atom is 0.263 e. The summed E-state index contributed by atoms with van der Waals surface area (Å²) in [6.07, 6.45) is 10.4. The number of nitrogens with zero attached hydrogens (tertiary/aromatic N) is 2. The first-order chi connectivity index (χ1) is 14.7.